The van der Waals surface area contributed by atoms with Gasteiger partial charge in [-0.1, -0.05) is 22.9 Å². The Balaban J connectivity index is 2.19. The number of nitrogens with two attached hydrogens (primary N) is 2. The Morgan fingerprint density at radius 2 is 2.17 bits per heavy atom. The zero-order valence-corrected chi connectivity index (χ0v) is 15.1. The van der Waals surface area contributed by atoms with Gasteiger partial charge in [-0.3, -0.25) is 4.79 Å². The van der Waals surface area contributed by atoms with Crippen LogP contribution in [0.3, 0.4) is 0 Å². The highest BCUT2D eigenvalue weighted by atomic mass is 35.5. The van der Waals surface area contributed by atoms with Gasteiger partial charge in [-0.05, 0) is 45.0 Å². The lowest BCUT2D eigenvalue weighted by Gasteiger charge is -2.24. The largest absolute Gasteiger partial charge is 0.493 e. The van der Waals surface area contributed by atoms with Crippen molar-refractivity contribution < 1.29 is 9.53 Å². The Morgan fingerprint density at radius 3 is 2.79 bits per heavy atom. The van der Waals surface area contributed by atoms with Crippen molar-refractivity contribution in [2.75, 3.05) is 18.9 Å². The van der Waals surface area contributed by atoms with Crippen LogP contribution in [0.2, 0.25) is 5.02 Å². The molecule has 0 aliphatic rings. The number of halogens is 1. The van der Waals surface area contributed by atoms with Crippen molar-refractivity contribution in [3.63, 3.8) is 0 Å². The summed E-state index contributed by atoms with van der Waals surface area (Å²) < 4.78 is 5.63. The Bertz CT molecular complexity index is 720. The van der Waals surface area contributed by atoms with E-state index in [9.17, 15) is 4.79 Å². The molecule has 0 radical (unpaired) electrons. The minimum absolute atomic E-state index is 0.298. The van der Waals surface area contributed by atoms with Crippen molar-refractivity contribution in [3.05, 3.63) is 33.8 Å². The van der Waals surface area contributed by atoms with Gasteiger partial charge in [-0.2, -0.15) is 0 Å². The summed E-state index contributed by atoms with van der Waals surface area (Å²) in [4.78, 5) is 12.7. The number of benzene rings is 1. The molecule has 0 saturated heterocycles. The molecule has 1 aromatic carbocycles. The predicted octanol–water partition coefficient (Wildman–Crippen LogP) is 2.17. The smallest absolute Gasteiger partial charge is 0.255 e. The summed E-state index contributed by atoms with van der Waals surface area (Å²) in [7, 11) is 0. The van der Waals surface area contributed by atoms with Crippen LogP contribution in [0.5, 0.6) is 5.75 Å². The third-order valence-corrected chi connectivity index (χ3v) is 4.51. The lowest BCUT2D eigenvalue weighted by atomic mass is 10.1. The maximum Gasteiger partial charge on any atom is 0.255 e. The second-order valence-electron chi connectivity index (χ2n) is 5.66. The maximum atomic E-state index is 12.7. The first-order valence-corrected chi connectivity index (χ1v) is 8.57. The minimum atomic E-state index is -0.722. The summed E-state index contributed by atoms with van der Waals surface area (Å²) in [6, 6.07) is 4.88. The number of ether oxygens (including phenoxy) is 1. The number of hydrogen-bond donors (Lipinski definition) is 3. The fourth-order valence-corrected chi connectivity index (χ4v) is 2.79. The van der Waals surface area contributed by atoms with Crippen molar-refractivity contribution in [3.8, 4) is 5.75 Å². The van der Waals surface area contributed by atoms with Gasteiger partial charge in [0.15, 0.2) is 0 Å². The fourth-order valence-electron chi connectivity index (χ4n) is 1.96. The first-order chi connectivity index (χ1) is 11.3. The first kappa shape index (κ1) is 18.4. The molecule has 1 aromatic heterocycles. The van der Waals surface area contributed by atoms with Crippen LogP contribution in [-0.4, -0.2) is 29.3 Å². The highest BCUT2D eigenvalue weighted by Gasteiger charge is 2.28. The van der Waals surface area contributed by atoms with E-state index in [4.69, 9.17) is 27.8 Å². The molecule has 5 N–H and O–H groups in total. The molecule has 0 bridgehead atoms. The number of anilines is 1. The number of carbonyl (C=O) groups is 1. The highest BCUT2D eigenvalue weighted by Crippen LogP contribution is 2.28. The number of aromatic nitrogens is 2. The number of carbonyl (C=O) groups excluding carboxylic acids is 1. The van der Waals surface area contributed by atoms with E-state index in [-0.39, 0.29) is 5.91 Å². The van der Waals surface area contributed by atoms with Gasteiger partial charge in [-0.15, -0.1) is 10.2 Å². The molecule has 0 spiro atoms. The van der Waals surface area contributed by atoms with Gasteiger partial charge < -0.3 is 21.5 Å². The average molecular weight is 370 g/mol. The number of hydrogen-bond acceptors (Lipinski definition) is 7. The summed E-state index contributed by atoms with van der Waals surface area (Å²) in [6.45, 7) is 4.58. The van der Waals surface area contributed by atoms with Crippen LogP contribution in [0.4, 0.5) is 5.13 Å². The molecular weight excluding hydrogens is 350 g/mol. The number of amides is 1. The van der Waals surface area contributed by atoms with Crippen LogP contribution in [0.25, 0.3) is 0 Å². The van der Waals surface area contributed by atoms with E-state index >= 15 is 0 Å². The van der Waals surface area contributed by atoms with E-state index in [1.165, 1.54) is 11.3 Å². The molecule has 9 heteroatoms. The lowest BCUT2D eigenvalue weighted by Crippen LogP contribution is -2.41. The van der Waals surface area contributed by atoms with Crippen LogP contribution < -0.4 is 21.5 Å². The molecule has 0 atom stereocenters. The van der Waals surface area contributed by atoms with Crippen molar-refractivity contribution in [2.24, 2.45) is 5.73 Å². The molecule has 1 heterocycles. The van der Waals surface area contributed by atoms with Gasteiger partial charge in [0.2, 0.25) is 5.13 Å². The normalized spacial score (nSPS) is 11.3. The van der Waals surface area contributed by atoms with E-state index in [1.807, 2.05) is 13.8 Å². The third kappa shape index (κ3) is 4.56. The van der Waals surface area contributed by atoms with Crippen LogP contribution in [0.15, 0.2) is 18.2 Å². The van der Waals surface area contributed by atoms with E-state index in [1.54, 1.807) is 18.2 Å². The average Bonchev–Trinajstić information content (AvgIpc) is 2.94. The first-order valence-electron chi connectivity index (χ1n) is 7.38. The molecule has 1 amide bonds. The Kier molecular flexibility index (Phi) is 5.98. The van der Waals surface area contributed by atoms with Crippen molar-refractivity contribution in [1.82, 2.24) is 15.5 Å². The van der Waals surface area contributed by atoms with E-state index < -0.39 is 5.54 Å². The topological polar surface area (TPSA) is 116 Å². The summed E-state index contributed by atoms with van der Waals surface area (Å²) in [5, 5.41) is 12.2. The number of rotatable bonds is 7. The van der Waals surface area contributed by atoms with Gasteiger partial charge in [0.05, 0.1) is 17.7 Å². The predicted molar refractivity (Wildman–Crippen MR) is 95.4 cm³/mol. The second kappa shape index (κ2) is 7.78. The van der Waals surface area contributed by atoms with Crippen molar-refractivity contribution >= 4 is 34.0 Å². The third-order valence-electron chi connectivity index (χ3n) is 3.20. The Hall–Kier alpha value is -1.90. The van der Waals surface area contributed by atoms with Gasteiger partial charge in [0.25, 0.3) is 5.91 Å². The molecule has 130 valence electrons. The molecule has 0 unspecified atom stereocenters. The summed E-state index contributed by atoms with van der Waals surface area (Å²) >= 11 is 7.23. The molecule has 2 aromatic rings. The second-order valence-corrected chi connectivity index (χ2v) is 7.10. The molecule has 24 heavy (non-hydrogen) atoms. The fraction of sp³-hybridized carbons (Fsp3) is 0.400. The molecule has 2 rings (SSSR count). The molecule has 7 nitrogen and oxygen atoms in total. The molecular formula is C15H20ClN5O2S. The van der Waals surface area contributed by atoms with Crippen LogP contribution >= 0.6 is 22.9 Å². The summed E-state index contributed by atoms with van der Waals surface area (Å²) in [5.41, 5.74) is 10.7. The Morgan fingerprint density at radius 1 is 1.42 bits per heavy atom. The Labute approximate surface area is 149 Å². The van der Waals surface area contributed by atoms with Gasteiger partial charge in [-0.25, -0.2) is 0 Å². The summed E-state index contributed by atoms with van der Waals surface area (Å²) in [5.74, 6) is 0.120. The quantitative estimate of drug-likeness (QED) is 0.644. The van der Waals surface area contributed by atoms with Crippen LogP contribution in [-0.2, 0) is 5.54 Å². The number of nitrogen functional groups attached to an aromatic ring is 1. The minimum Gasteiger partial charge on any atom is -0.493 e. The number of nitrogens with zero attached hydrogens (tertiary/aromatic N) is 2. The zero-order chi connectivity index (χ0) is 17.7. The van der Waals surface area contributed by atoms with E-state index in [2.05, 4.69) is 15.5 Å². The van der Waals surface area contributed by atoms with Crippen molar-refractivity contribution in [2.45, 2.75) is 25.8 Å². The standard InChI is InChI=1S/C15H20ClN5O2S/c1-15(2,13-20-21-14(18)24-13)19-12(22)10-5-4-9(16)8-11(10)23-7-3-6-17/h4-5,8H,3,6-7,17H2,1-2H3,(H2,18,21)(H,19,22). The van der Waals surface area contributed by atoms with Gasteiger partial charge in [0, 0.05) is 5.02 Å². The van der Waals surface area contributed by atoms with Crippen LogP contribution in [0, 0.1) is 0 Å². The molecule has 0 aliphatic heterocycles. The lowest BCUT2D eigenvalue weighted by molar-refractivity contribution is 0.0907. The van der Waals surface area contributed by atoms with E-state index in [0.717, 1.165) is 0 Å². The SMILES string of the molecule is CC(C)(NC(=O)c1ccc(Cl)cc1OCCCN)c1nnc(N)s1. The number of nitrogens with one attached hydrogen (secondary N) is 1. The highest BCUT2D eigenvalue weighted by molar-refractivity contribution is 7.15. The molecule has 0 fully saturated rings. The van der Waals surface area contributed by atoms with Gasteiger partial charge >= 0.3 is 0 Å². The van der Waals surface area contributed by atoms with Crippen LogP contribution in [0.1, 0.15) is 35.6 Å². The monoisotopic (exact) mass is 369 g/mol. The summed E-state index contributed by atoms with van der Waals surface area (Å²) in [6.07, 6.45) is 0.684. The zero-order valence-electron chi connectivity index (χ0n) is 13.5. The van der Waals surface area contributed by atoms with Crippen molar-refractivity contribution in [1.29, 1.82) is 0 Å². The molecule has 0 saturated carbocycles. The van der Waals surface area contributed by atoms with E-state index in [0.29, 0.717) is 46.0 Å². The maximum absolute atomic E-state index is 12.7. The van der Waals surface area contributed by atoms with Gasteiger partial charge in [0.1, 0.15) is 10.8 Å². The molecule has 0 aliphatic carbocycles.